The van der Waals surface area contributed by atoms with Gasteiger partial charge in [-0.2, -0.15) is 0 Å². The Morgan fingerprint density at radius 3 is 2.89 bits per heavy atom. The van der Waals surface area contributed by atoms with Crippen molar-refractivity contribution in [3.63, 3.8) is 0 Å². The Bertz CT molecular complexity index is 424. The highest BCUT2D eigenvalue weighted by Crippen LogP contribution is 2.20. The van der Waals surface area contributed by atoms with Crippen LogP contribution in [0.3, 0.4) is 0 Å². The Labute approximate surface area is 106 Å². The van der Waals surface area contributed by atoms with Crippen LogP contribution < -0.4 is 10.6 Å². The number of ether oxygens (including phenoxy) is 1. The molecule has 5 nitrogen and oxygen atoms in total. The van der Waals surface area contributed by atoms with Crippen molar-refractivity contribution in [1.82, 2.24) is 0 Å². The largest absolute Gasteiger partial charge is 0.409 e. The molecule has 100 valence electrons. The lowest BCUT2D eigenvalue weighted by atomic mass is 10.1. The number of hydrogen-bond acceptors (Lipinski definition) is 4. The van der Waals surface area contributed by atoms with Crippen LogP contribution >= 0.6 is 0 Å². The highest BCUT2D eigenvalue weighted by atomic mass is 19.1. The fourth-order valence-corrected chi connectivity index (χ4v) is 1.57. The molecule has 0 radical (unpaired) electrons. The van der Waals surface area contributed by atoms with E-state index in [-0.39, 0.29) is 5.84 Å². The molecule has 1 aromatic rings. The van der Waals surface area contributed by atoms with E-state index in [0.717, 1.165) is 0 Å². The van der Waals surface area contributed by atoms with Gasteiger partial charge in [0.25, 0.3) is 0 Å². The third-order valence-corrected chi connectivity index (χ3v) is 2.53. The molecule has 1 aromatic carbocycles. The van der Waals surface area contributed by atoms with Gasteiger partial charge in [-0.15, -0.1) is 0 Å². The van der Waals surface area contributed by atoms with Gasteiger partial charge in [-0.05, 0) is 25.1 Å². The van der Waals surface area contributed by atoms with Crippen LogP contribution in [0.1, 0.15) is 12.5 Å². The molecule has 0 saturated carbocycles. The smallest absolute Gasteiger partial charge is 0.172 e. The topological polar surface area (TPSA) is 71.1 Å². The molecule has 0 saturated heterocycles. The van der Waals surface area contributed by atoms with Crippen molar-refractivity contribution in [3.05, 3.63) is 29.6 Å². The summed E-state index contributed by atoms with van der Waals surface area (Å²) in [5.74, 6) is -0.550. The zero-order chi connectivity index (χ0) is 13.5. The molecule has 0 spiro atoms. The number of benzene rings is 1. The molecule has 0 aliphatic heterocycles. The van der Waals surface area contributed by atoms with Crippen molar-refractivity contribution in [2.24, 2.45) is 10.9 Å². The Morgan fingerprint density at radius 1 is 1.56 bits per heavy atom. The Hall–Kier alpha value is -1.82. The second-order valence-electron chi connectivity index (χ2n) is 3.77. The average Bonchev–Trinajstić information content (AvgIpc) is 2.37. The summed E-state index contributed by atoms with van der Waals surface area (Å²) in [4.78, 5) is 1.86. The third-order valence-electron chi connectivity index (χ3n) is 2.53. The number of rotatable bonds is 6. The number of nitrogens with two attached hydrogens (primary N) is 1. The molecule has 0 aliphatic rings. The van der Waals surface area contributed by atoms with Crippen LogP contribution in [0.4, 0.5) is 10.1 Å². The first kappa shape index (κ1) is 14.2. The number of nitrogens with zero attached hydrogens (tertiary/aromatic N) is 2. The van der Waals surface area contributed by atoms with Crippen molar-refractivity contribution < 1.29 is 14.3 Å². The molecule has 0 unspecified atom stereocenters. The molecule has 3 N–H and O–H groups in total. The second kappa shape index (κ2) is 6.80. The molecule has 0 amide bonds. The quantitative estimate of drug-likeness (QED) is 0.265. The van der Waals surface area contributed by atoms with Crippen molar-refractivity contribution in [1.29, 1.82) is 0 Å². The molecule has 0 aromatic heterocycles. The van der Waals surface area contributed by atoms with E-state index >= 15 is 0 Å². The summed E-state index contributed by atoms with van der Waals surface area (Å²) < 4.78 is 18.4. The standard InChI is InChI=1S/C12H18FN3O2/c1-3-18-7-6-16(2)11-5-4-9(13)8-10(11)12(14)15-17/h4-5,8,17H,3,6-7H2,1-2H3,(H2,14,15). The first-order valence-corrected chi connectivity index (χ1v) is 5.66. The number of anilines is 1. The van der Waals surface area contributed by atoms with E-state index in [1.165, 1.54) is 12.1 Å². The maximum Gasteiger partial charge on any atom is 0.172 e. The van der Waals surface area contributed by atoms with Crippen LogP contribution in [0.15, 0.2) is 23.4 Å². The van der Waals surface area contributed by atoms with Crippen LogP contribution in [-0.4, -0.2) is 37.8 Å². The van der Waals surface area contributed by atoms with Gasteiger partial charge in [0.05, 0.1) is 6.61 Å². The number of amidine groups is 1. The van der Waals surface area contributed by atoms with Gasteiger partial charge in [0, 0.05) is 31.5 Å². The Morgan fingerprint density at radius 2 is 2.28 bits per heavy atom. The van der Waals surface area contributed by atoms with Gasteiger partial charge < -0.3 is 20.6 Å². The zero-order valence-corrected chi connectivity index (χ0v) is 10.6. The van der Waals surface area contributed by atoms with Crippen LogP contribution in [0, 0.1) is 5.82 Å². The van der Waals surface area contributed by atoms with E-state index in [9.17, 15) is 4.39 Å². The lowest BCUT2D eigenvalue weighted by molar-refractivity contribution is 0.154. The predicted octanol–water partition coefficient (Wildman–Crippen LogP) is 1.39. The Kier molecular flexibility index (Phi) is 5.38. The molecular weight excluding hydrogens is 237 g/mol. The summed E-state index contributed by atoms with van der Waals surface area (Å²) in [7, 11) is 1.83. The normalized spacial score (nSPS) is 11.6. The molecule has 6 heteroatoms. The first-order chi connectivity index (χ1) is 8.60. The van der Waals surface area contributed by atoms with Gasteiger partial charge in [-0.3, -0.25) is 0 Å². The van der Waals surface area contributed by atoms with Crippen LogP contribution in [0.5, 0.6) is 0 Å². The van der Waals surface area contributed by atoms with E-state index in [0.29, 0.717) is 31.0 Å². The lowest BCUT2D eigenvalue weighted by Crippen LogP contribution is -2.26. The third kappa shape index (κ3) is 3.59. The summed E-state index contributed by atoms with van der Waals surface area (Å²) in [5.41, 5.74) is 6.58. The van der Waals surface area contributed by atoms with E-state index in [4.69, 9.17) is 15.7 Å². The number of halogens is 1. The number of oxime groups is 1. The average molecular weight is 255 g/mol. The second-order valence-corrected chi connectivity index (χ2v) is 3.77. The van der Waals surface area contributed by atoms with Crippen LogP contribution in [0.2, 0.25) is 0 Å². The van der Waals surface area contributed by atoms with E-state index in [1.54, 1.807) is 6.07 Å². The molecule has 0 heterocycles. The molecule has 0 fully saturated rings. The van der Waals surface area contributed by atoms with Gasteiger partial charge >= 0.3 is 0 Å². The number of hydrogen-bond donors (Lipinski definition) is 2. The SMILES string of the molecule is CCOCCN(C)c1ccc(F)cc1/C(N)=N/O. The number of likely N-dealkylation sites (N-methyl/N-ethyl adjacent to an activating group) is 1. The molecular formula is C12H18FN3O2. The van der Waals surface area contributed by atoms with E-state index in [2.05, 4.69) is 5.16 Å². The van der Waals surface area contributed by atoms with Crippen molar-refractivity contribution in [2.75, 3.05) is 31.7 Å². The van der Waals surface area contributed by atoms with Crippen LogP contribution in [0.25, 0.3) is 0 Å². The molecule has 0 aliphatic carbocycles. The summed E-state index contributed by atoms with van der Waals surface area (Å²) in [6.45, 7) is 3.75. The minimum Gasteiger partial charge on any atom is -0.409 e. The van der Waals surface area contributed by atoms with E-state index < -0.39 is 5.82 Å². The van der Waals surface area contributed by atoms with Crippen LogP contribution in [-0.2, 0) is 4.74 Å². The molecule has 0 atom stereocenters. The van der Waals surface area contributed by atoms with Gasteiger partial charge in [-0.25, -0.2) is 4.39 Å². The van der Waals surface area contributed by atoms with Crippen molar-refractivity contribution in [3.8, 4) is 0 Å². The molecule has 1 rings (SSSR count). The summed E-state index contributed by atoms with van der Waals surface area (Å²) in [6, 6.07) is 4.16. The Balaban J connectivity index is 2.93. The minimum absolute atomic E-state index is 0.118. The maximum absolute atomic E-state index is 13.2. The summed E-state index contributed by atoms with van der Waals surface area (Å²) >= 11 is 0. The fourth-order valence-electron chi connectivity index (χ4n) is 1.57. The monoisotopic (exact) mass is 255 g/mol. The van der Waals surface area contributed by atoms with Crippen molar-refractivity contribution in [2.45, 2.75) is 6.92 Å². The summed E-state index contributed by atoms with van der Waals surface area (Å²) in [6.07, 6.45) is 0. The lowest BCUT2D eigenvalue weighted by Gasteiger charge is -2.21. The van der Waals surface area contributed by atoms with Gasteiger partial charge in [0.2, 0.25) is 0 Å². The maximum atomic E-state index is 13.2. The highest BCUT2D eigenvalue weighted by molar-refractivity contribution is 6.02. The zero-order valence-electron chi connectivity index (χ0n) is 10.6. The fraction of sp³-hybridized carbons (Fsp3) is 0.417. The predicted molar refractivity (Wildman–Crippen MR) is 68.7 cm³/mol. The van der Waals surface area contributed by atoms with E-state index in [1.807, 2.05) is 18.9 Å². The van der Waals surface area contributed by atoms with Gasteiger partial charge in [0.15, 0.2) is 5.84 Å². The highest BCUT2D eigenvalue weighted by Gasteiger charge is 2.12. The molecule has 0 bridgehead atoms. The van der Waals surface area contributed by atoms with Gasteiger partial charge in [0.1, 0.15) is 5.82 Å². The molecule has 18 heavy (non-hydrogen) atoms. The minimum atomic E-state index is -0.432. The van der Waals surface area contributed by atoms with Gasteiger partial charge in [-0.1, -0.05) is 5.16 Å². The van der Waals surface area contributed by atoms with Crippen molar-refractivity contribution >= 4 is 11.5 Å². The summed E-state index contributed by atoms with van der Waals surface area (Å²) in [5, 5.41) is 11.6. The first-order valence-electron chi connectivity index (χ1n) is 5.66.